The van der Waals surface area contributed by atoms with E-state index in [1.807, 2.05) is 24.3 Å². The van der Waals surface area contributed by atoms with E-state index in [2.05, 4.69) is 0 Å². The van der Waals surface area contributed by atoms with Gasteiger partial charge in [0, 0.05) is 0 Å². The quantitative estimate of drug-likeness (QED) is 0.824. The minimum absolute atomic E-state index is 0.209. The van der Waals surface area contributed by atoms with Crippen LogP contribution in [0, 0.1) is 5.82 Å². The van der Waals surface area contributed by atoms with Gasteiger partial charge in [0.25, 0.3) is 0 Å². The molecular weight excluding hydrogens is 271 g/mol. The van der Waals surface area contributed by atoms with Crippen molar-refractivity contribution in [3.8, 4) is 5.75 Å². The highest BCUT2D eigenvalue weighted by Crippen LogP contribution is 2.16. The fourth-order valence-corrected chi connectivity index (χ4v) is 1.92. The molecule has 1 atom stereocenters. The van der Waals surface area contributed by atoms with Crippen molar-refractivity contribution in [2.75, 3.05) is 6.61 Å². The van der Waals surface area contributed by atoms with Crippen molar-refractivity contribution in [3.05, 3.63) is 65.5 Å². The van der Waals surface area contributed by atoms with Gasteiger partial charge >= 0.3 is 0 Å². The normalized spacial score (nSPS) is 12.1. The summed E-state index contributed by atoms with van der Waals surface area (Å²) in [6.07, 6.45) is 0.575. The molecule has 0 spiro atoms. The van der Waals surface area contributed by atoms with Crippen LogP contribution < -0.4 is 4.74 Å². The number of rotatable bonds is 7. The molecule has 0 fully saturated rings. The number of halogens is 1. The van der Waals surface area contributed by atoms with Gasteiger partial charge < -0.3 is 14.9 Å². The van der Waals surface area contributed by atoms with Crippen LogP contribution in [0.4, 0.5) is 4.39 Å². The largest absolute Gasteiger partial charge is 0.489 e. The number of aryl methyl sites for hydroxylation is 1. The van der Waals surface area contributed by atoms with Crippen molar-refractivity contribution >= 4 is 0 Å². The molecule has 1 unspecified atom stereocenters. The molecule has 0 radical (unpaired) electrons. The van der Waals surface area contributed by atoms with Gasteiger partial charge in [0.2, 0.25) is 0 Å². The molecule has 2 N–H and O–H groups in total. The molecule has 0 aromatic heterocycles. The molecule has 0 aliphatic heterocycles. The van der Waals surface area contributed by atoms with Gasteiger partial charge in [-0.15, -0.1) is 0 Å². The summed E-state index contributed by atoms with van der Waals surface area (Å²) in [5, 5.41) is 18.1. The second-order valence-electron chi connectivity index (χ2n) is 4.93. The zero-order chi connectivity index (χ0) is 15.1. The number of hydrogen-bond acceptors (Lipinski definition) is 3. The molecule has 0 aliphatic rings. The number of benzene rings is 2. The summed E-state index contributed by atoms with van der Waals surface area (Å²) >= 11 is 0. The van der Waals surface area contributed by atoms with Crippen molar-refractivity contribution in [2.45, 2.75) is 25.6 Å². The average Bonchev–Trinajstić information content (AvgIpc) is 2.53. The molecule has 2 aromatic carbocycles. The maximum Gasteiger partial charge on any atom is 0.123 e. The van der Waals surface area contributed by atoms with Crippen LogP contribution in [0.5, 0.6) is 5.75 Å². The van der Waals surface area contributed by atoms with Gasteiger partial charge in [-0.3, -0.25) is 0 Å². The maximum atomic E-state index is 12.8. The van der Waals surface area contributed by atoms with Crippen LogP contribution in [0.15, 0.2) is 48.5 Å². The first-order valence-corrected chi connectivity index (χ1v) is 6.92. The average molecular weight is 290 g/mol. The highest BCUT2D eigenvalue weighted by Gasteiger charge is 2.03. The first-order chi connectivity index (χ1) is 10.2. The first-order valence-electron chi connectivity index (χ1n) is 6.92. The standard InChI is InChI=1S/C17H19FO3/c18-15-6-1-14(2-7-15)12-21-17-9-4-13(5-10-17)3-8-16(20)11-19/h1-2,4-7,9-10,16,19-20H,3,8,11-12H2. The Balaban J connectivity index is 1.83. The number of aliphatic hydroxyl groups excluding tert-OH is 2. The van der Waals surface area contributed by atoms with Gasteiger partial charge in [0.15, 0.2) is 0 Å². The minimum atomic E-state index is -0.667. The lowest BCUT2D eigenvalue weighted by Crippen LogP contribution is -2.12. The second-order valence-corrected chi connectivity index (χ2v) is 4.93. The van der Waals surface area contributed by atoms with E-state index in [1.54, 1.807) is 12.1 Å². The van der Waals surface area contributed by atoms with Gasteiger partial charge in [0.05, 0.1) is 12.7 Å². The second kappa shape index (κ2) is 7.76. The van der Waals surface area contributed by atoms with Gasteiger partial charge in [-0.25, -0.2) is 4.39 Å². The molecule has 0 heterocycles. The van der Waals surface area contributed by atoms with E-state index >= 15 is 0 Å². The third-order valence-electron chi connectivity index (χ3n) is 3.22. The lowest BCUT2D eigenvalue weighted by atomic mass is 10.1. The van der Waals surface area contributed by atoms with Crippen LogP contribution in [0.3, 0.4) is 0 Å². The van der Waals surface area contributed by atoms with Crippen LogP contribution in [0.2, 0.25) is 0 Å². The fourth-order valence-electron chi connectivity index (χ4n) is 1.92. The van der Waals surface area contributed by atoms with Gasteiger partial charge in [0.1, 0.15) is 18.2 Å². The summed E-state index contributed by atoms with van der Waals surface area (Å²) in [7, 11) is 0. The third-order valence-corrected chi connectivity index (χ3v) is 3.22. The summed E-state index contributed by atoms with van der Waals surface area (Å²) in [5.41, 5.74) is 1.99. The van der Waals surface area contributed by atoms with E-state index < -0.39 is 6.10 Å². The summed E-state index contributed by atoms with van der Waals surface area (Å²) in [6, 6.07) is 13.8. The Morgan fingerprint density at radius 1 is 0.952 bits per heavy atom. The molecule has 112 valence electrons. The molecular formula is C17H19FO3. The van der Waals surface area contributed by atoms with Crippen molar-refractivity contribution in [2.24, 2.45) is 0 Å². The van der Waals surface area contributed by atoms with Gasteiger partial charge in [-0.1, -0.05) is 24.3 Å². The molecule has 0 aliphatic carbocycles. The smallest absolute Gasteiger partial charge is 0.123 e. The predicted octanol–water partition coefficient (Wildman–Crippen LogP) is 2.69. The van der Waals surface area contributed by atoms with Crippen molar-refractivity contribution in [3.63, 3.8) is 0 Å². The molecule has 0 amide bonds. The zero-order valence-electron chi connectivity index (χ0n) is 11.7. The predicted molar refractivity (Wildman–Crippen MR) is 78.6 cm³/mol. The van der Waals surface area contributed by atoms with E-state index in [4.69, 9.17) is 9.84 Å². The molecule has 2 rings (SSSR count). The third kappa shape index (κ3) is 5.17. The van der Waals surface area contributed by atoms with Crippen LogP contribution >= 0.6 is 0 Å². The van der Waals surface area contributed by atoms with Crippen LogP contribution in [-0.2, 0) is 13.0 Å². The van der Waals surface area contributed by atoms with Crippen molar-refractivity contribution in [1.29, 1.82) is 0 Å². The SMILES string of the molecule is OCC(O)CCc1ccc(OCc2ccc(F)cc2)cc1. The lowest BCUT2D eigenvalue weighted by Gasteiger charge is -2.09. The first kappa shape index (κ1) is 15.5. The Labute approximate surface area is 123 Å². The van der Waals surface area contributed by atoms with Crippen LogP contribution in [0.1, 0.15) is 17.5 Å². The Kier molecular flexibility index (Phi) is 5.72. The Hall–Kier alpha value is -1.91. The highest BCUT2D eigenvalue weighted by molar-refractivity contribution is 5.28. The van der Waals surface area contributed by atoms with Crippen LogP contribution in [-0.4, -0.2) is 22.9 Å². The topological polar surface area (TPSA) is 49.7 Å². The minimum Gasteiger partial charge on any atom is -0.489 e. The molecule has 4 heteroatoms. The number of hydrogen-bond donors (Lipinski definition) is 2. The van der Waals surface area contributed by atoms with E-state index in [0.717, 1.165) is 16.9 Å². The maximum absolute atomic E-state index is 12.8. The van der Waals surface area contributed by atoms with Crippen molar-refractivity contribution < 1.29 is 19.3 Å². The van der Waals surface area contributed by atoms with E-state index in [0.29, 0.717) is 19.4 Å². The Morgan fingerprint density at radius 3 is 2.19 bits per heavy atom. The monoisotopic (exact) mass is 290 g/mol. The van der Waals surface area contributed by atoms with E-state index in [9.17, 15) is 9.50 Å². The van der Waals surface area contributed by atoms with Gasteiger partial charge in [-0.2, -0.15) is 0 Å². The highest BCUT2D eigenvalue weighted by atomic mass is 19.1. The fraction of sp³-hybridized carbons (Fsp3) is 0.294. The number of ether oxygens (including phenoxy) is 1. The summed E-state index contributed by atoms with van der Waals surface area (Å²) in [4.78, 5) is 0. The summed E-state index contributed by atoms with van der Waals surface area (Å²) < 4.78 is 18.4. The van der Waals surface area contributed by atoms with E-state index in [-0.39, 0.29) is 12.4 Å². The Bertz CT molecular complexity index is 537. The van der Waals surface area contributed by atoms with E-state index in [1.165, 1.54) is 12.1 Å². The summed E-state index contributed by atoms with van der Waals surface area (Å²) in [5.74, 6) is 0.485. The molecule has 0 saturated carbocycles. The van der Waals surface area contributed by atoms with Crippen molar-refractivity contribution in [1.82, 2.24) is 0 Å². The molecule has 2 aromatic rings. The number of aliphatic hydroxyl groups is 2. The Morgan fingerprint density at radius 2 is 1.57 bits per heavy atom. The van der Waals surface area contributed by atoms with Gasteiger partial charge in [-0.05, 0) is 48.2 Å². The molecule has 21 heavy (non-hydrogen) atoms. The summed E-state index contributed by atoms with van der Waals surface area (Å²) in [6.45, 7) is 0.182. The zero-order valence-corrected chi connectivity index (χ0v) is 11.7. The molecule has 0 bridgehead atoms. The molecule has 0 saturated heterocycles. The molecule has 3 nitrogen and oxygen atoms in total. The van der Waals surface area contributed by atoms with Crippen LogP contribution in [0.25, 0.3) is 0 Å². The lowest BCUT2D eigenvalue weighted by molar-refractivity contribution is 0.0886.